The average molecular weight is 258 g/mol. The Kier molecular flexibility index (Phi) is 6.05. The van der Waals surface area contributed by atoms with Crippen LogP contribution >= 0.6 is 12.4 Å². The Morgan fingerprint density at radius 2 is 1.87 bits per heavy atom. The number of nitrogens with zero attached hydrogens (tertiary/aromatic N) is 2. The molecule has 0 radical (unpaired) electrons. The van der Waals surface area contributed by atoms with Crippen molar-refractivity contribution in [3.05, 3.63) is 0 Å². The highest BCUT2D eigenvalue weighted by atomic mass is 35.5. The first-order valence-electron chi connectivity index (χ1n) is 4.90. The van der Waals surface area contributed by atoms with E-state index in [0.29, 0.717) is 6.54 Å². The van der Waals surface area contributed by atoms with Crippen LogP contribution in [0.3, 0.4) is 0 Å². The van der Waals surface area contributed by atoms with Crippen LogP contribution in [0.5, 0.6) is 0 Å². The molecule has 1 aliphatic heterocycles. The molecule has 0 aromatic carbocycles. The van der Waals surface area contributed by atoms with Gasteiger partial charge in [0.05, 0.1) is 6.04 Å². The topological polar surface area (TPSA) is 52.7 Å². The summed E-state index contributed by atoms with van der Waals surface area (Å²) >= 11 is 0. The van der Waals surface area contributed by atoms with Crippen LogP contribution in [0.25, 0.3) is 0 Å². The van der Waals surface area contributed by atoms with E-state index in [1.165, 1.54) is 8.61 Å². The Hall–Kier alpha value is 0.120. The Bertz CT molecular complexity index is 280. The van der Waals surface area contributed by atoms with Crippen molar-refractivity contribution in [3.63, 3.8) is 0 Å². The molecule has 0 unspecified atom stereocenters. The van der Waals surface area contributed by atoms with Crippen LogP contribution < -0.4 is 5.32 Å². The van der Waals surface area contributed by atoms with Crippen LogP contribution in [0.15, 0.2) is 0 Å². The van der Waals surface area contributed by atoms with Gasteiger partial charge in [-0.05, 0) is 6.42 Å². The zero-order valence-electron chi connectivity index (χ0n) is 9.43. The third kappa shape index (κ3) is 3.29. The number of likely N-dealkylation sites (N-methyl/N-ethyl adjacent to an activating group) is 1. The molecule has 15 heavy (non-hydrogen) atoms. The van der Waals surface area contributed by atoms with Gasteiger partial charge >= 0.3 is 0 Å². The number of hydrogen-bond acceptors (Lipinski definition) is 3. The zero-order chi connectivity index (χ0) is 10.8. The van der Waals surface area contributed by atoms with E-state index in [2.05, 4.69) is 5.32 Å². The molecule has 0 spiro atoms. The molecule has 0 saturated carbocycles. The Labute approximate surface area is 98.4 Å². The van der Waals surface area contributed by atoms with Gasteiger partial charge in [-0.1, -0.05) is 6.92 Å². The highest BCUT2D eigenvalue weighted by molar-refractivity contribution is 7.86. The summed E-state index contributed by atoms with van der Waals surface area (Å²) < 4.78 is 26.6. The van der Waals surface area contributed by atoms with E-state index in [9.17, 15) is 8.42 Å². The van der Waals surface area contributed by atoms with E-state index >= 15 is 0 Å². The molecule has 1 rings (SSSR count). The molecule has 5 nitrogen and oxygen atoms in total. The van der Waals surface area contributed by atoms with E-state index in [0.717, 1.165) is 19.5 Å². The molecule has 0 aromatic heterocycles. The normalized spacial score (nSPS) is 17.7. The van der Waals surface area contributed by atoms with E-state index in [1.807, 2.05) is 6.92 Å². The fourth-order valence-electron chi connectivity index (χ4n) is 1.37. The minimum atomic E-state index is -3.23. The van der Waals surface area contributed by atoms with Crippen LogP contribution in [0.1, 0.15) is 13.3 Å². The fraction of sp³-hybridized carbons (Fsp3) is 1.00. The fourth-order valence-corrected chi connectivity index (χ4v) is 2.75. The maximum absolute atomic E-state index is 11.9. The standard InChI is InChI=1S/C8H19N3O2S.ClH/c1-4-5-10(2)14(12,13)11(3)8-6-9-7-8;/h8-9H,4-7H2,1-3H3;1H. The SMILES string of the molecule is CCCN(C)S(=O)(=O)N(C)C1CNC1.Cl. The summed E-state index contributed by atoms with van der Waals surface area (Å²) in [5, 5.41) is 3.06. The second kappa shape index (κ2) is 6.00. The molecular formula is C8H20ClN3O2S. The van der Waals surface area contributed by atoms with Gasteiger partial charge in [0, 0.05) is 33.7 Å². The van der Waals surface area contributed by atoms with Crippen molar-refractivity contribution in [1.29, 1.82) is 0 Å². The number of halogens is 1. The maximum Gasteiger partial charge on any atom is 0.281 e. The minimum Gasteiger partial charge on any atom is -0.313 e. The zero-order valence-corrected chi connectivity index (χ0v) is 11.1. The van der Waals surface area contributed by atoms with E-state index in [1.54, 1.807) is 14.1 Å². The van der Waals surface area contributed by atoms with Crippen LogP contribution in [-0.4, -0.2) is 56.8 Å². The molecule has 1 heterocycles. The van der Waals surface area contributed by atoms with E-state index in [4.69, 9.17) is 0 Å². The van der Waals surface area contributed by atoms with Crippen LogP contribution in [0.2, 0.25) is 0 Å². The van der Waals surface area contributed by atoms with Crippen LogP contribution in [-0.2, 0) is 10.2 Å². The molecule has 1 saturated heterocycles. The number of nitrogens with one attached hydrogen (secondary N) is 1. The average Bonchev–Trinajstić information content (AvgIpc) is 2.01. The van der Waals surface area contributed by atoms with Crippen molar-refractivity contribution < 1.29 is 8.42 Å². The number of rotatable bonds is 5. The molecule has 7 heteroatoms. The minimum absolute atomic E-state index is 0. The van der Waals surface area contributed by atoms with Crippen molar-refractivity contribution in [2.24, 2.45) is 0 Å². The predicted molar refractivity (Wildman–Crippen MR) is 63.5 cm³/mol. The summed E-state index contributed by atoms with van der Waals surface area (Å²) in [5.41, 5.74) is 0. The summed E-state index contributed by atoms with van der Waals surface area (Å²) in [6.07, 6.45) is 0.840. The van der Waals surface area contributed by atoms with Gasteiger partial charge < -0.3 is 5.32 Å². The van der Waals surface area contributed by atoms with Crippen molar-refractivity contribution >= 4 is 22.6 Å². The van der Waals surface area contributed by atoms with Gasteiger partial charge in [0.1, 0.15) is 0 Å². The summed E-state index contributed by atoms with van der Waals surface area (Å²) in [6, 6.07) is 0.124. The van der Waals surface area contributed by atoms with Gasteiger partial charge in [0.15, 0.2) is 0 Å². The molecule has 0 aliphatic carbocycles. The lowest BCUT2D eigenvalue weighted by atomic mass is 10.2. The molecule has 1 fully saturated rings. The summed E-state index contributed by atoms with van der Waals surface area (Å²) in [7, 11) is 0.0377. The van der Waals surface area contributed by atoms with Gasteiger partial charge in [0.25, 0.3) is 10.2 Å². The quantitative estimate of drug-likeness (QED) is 0.748. The Morgan fingerprint density at radius 1 is 1.33 bits per heavy atom. The molecule has 0 bridgehead atoms. The molecular weight excluding hydrogens is 238 g/mol. The van der Waals surface area contributed by atoms with E-state index < -0.39 is 10.2 Å². The highest BCUT2D eigenvalue weighted by Crippen LogP contribution is 2.11. The van der Waals surface area contributed by atoms with Gasteiger partial charge in [-0.15, -0.1) is 12.4 Å². The molecule has 1 aliphatic rings. The first-order valence-corrected chi connectivity index (χ1v) is 6.30. The first kappa shape index (κ1) is 15.1. The highest BCUT2D eigenvalue weighted by Gasteiger charge is 2.32. The predicted octanol–water partition coefficient (Wildman–Crippen LogP) is -0.102. The van der Waals surface area contributed by atoms with Gasteiger partial charge in [0.2, 0.25) is 0 Å². The van der Waals surface area contributed by atoms with Crippen molar-refractivity contribution in [1.82, 2.24) is 13.9 Å². The second-order valence-corrected chi connectivity index (χ2v) is 5.75. The molecule has 92 valence electrons. The van der Waals surface area contributed by atoms with Crippen molar-refractivity contribution in [2.75, 3.05) is 33.7 Å². The monoisotopic (exact) mass is 257 g/mol. The largest absolute Gasteiger partial charge is 0.313 e. The smallest absolute Gasteiger partial charge is 0.281 e. The number of hydrogen-bond donors (Lipinski definition) is 1. The third-order valence-electron chi connectivity index (χ3n) is 2.57. The first-order chi connectivity index (χ1) is 6.50. The lowest BCUT2D eigenvalue weighted by molar-refractivity contribution is 0.258. The summed E-state index contributed by atoms with van der Waals surface area (Å²) in [6.45, 7) is 4.06. The second-order valence-electron chi connectivity index (χ2n) is 3.66. The maximum atomic E-state index is 11.9. The lowest BCUT2D eigenvalue weighted by Gasteiger charge is -2.36. The van der Waals surface area contributed by atoms with Crippen molar-refractivity contribution in [2.45, 2.75) is 19.4 Å². The van der Waals surface area contributed by atoms with Gasteiger partial charge in [-0.3, -0.25) is 0 Å². The lowest BCUT2D eigenvalue weighted by Crippen LogP contribution is -2.59. The van der Waals surface area contributed by atoms with Crippen LogP contribution in [0.4, 0.5) is 0 Å². The third-order valence-corrected chi connectivity index (χ3v) is 4.57. The van der Waals surface area contributed by atoms with Crippen molar-refractivity contribution in [3.8, 4) is 0 Å². The summed E-state index contributed by atoms with van der Waals surface area (Å²) in [5.74, 6) is 0. The van der Waals surface area contributed by atoms with Gasteiger partial charge in [-0.2, -0.15) is 17.0 Å². The molecule has 0 atom stereocenters. The Morgan fingerprint density at radius 3 is 2.20 bits per heavy atom. The van der Waals surface area contributed by atoms with Crippen LogP contribution in [0, 0.1) is 0 Å². The molecule has 0 amide bonds. The molecule has 1 N–H and O–H groups in total. The van der Waals surface area contributed by atoms with Gasteiger partial charge in [-0.25, -0.2) is 0 Å². The van der Waals surface area contributed by atoms with E-state index in [-0.39, 0.29) is 18.4 Å². The summed E-state index contributed by atoms with van der Waals surface area (Å²) in [4.78, 5) is 0. The Balaban J connectivity index is 0.00000196. The molecule has 0 aromatic rings.